The molecule has 0 saturated carbocycles. The van der Waals surface area contributed by atoms with Crippen molar-refractivity contribution in [2.75, 3.05) is 62.6 Å². The molecule has 6 atom stereocenters. The Balaban J connectivity index is 0.000000164. The predicted molar refractivity (Wildman–Crippen MR) is 550 cm³/mol. The second-order valence-corrected chi connectivity index (χ2v) is 43.7. The molecule has 0 bridgehead atoms. The van der Waals surface area contributed by atoms with Crippen molar-refractivity contribution in [2.45, 2.75) is 174 Å². The maximum atomic E-state index is 14.7. The Bertz CT molecular complexity index is 7620. The molecule has 6 unspecified atom stereocenters. The normalized spacial score (nSPS) is 13.0. The zero-order chi connectivity index (χ0) is 105. The number of nitrogens with zero attached hydrogens (tertiary/aromatic N) is 16. The van der Waals surface area contributed by atoms with E-state index in [-0.39, 0.29) is 132 Å². The van der Waals surface area contributed by atoms with Gasteiger partial charge in [0.2, 0.25) is 17.7 Å². The summed E-state index contributed by atoms with van der Waals surface area (Å²) in [6, 6.07) is 52.5. The van der Waals surface area contributed by atoms with Gasteiger partial charge in [0, 0.05) is 90.8 Å². The summed E-state index contributed by atoms with van der Waals surface area (Å²) >= 11 is 0. The molecule has 0 radical (unpaired) electrons. The lowest BCUT2D eigenvalue weighted by Gasteiger charge is -2.11. The number of anilines is 4. The molecule has 8 aromatic heterocycles. The molecule has 12 N–H and O–H groups in total. The third kappa shape index (κ3) is 27.3. The summed E-state index contributed by atoms with van der Waals surface area (Å²) in [5, 5.41) is 42.6. The molecule has 8 heterocycles. The van der Waals surface area contributed by atoms with Crippen LogP contribution in [0, 0.1) is 5.82 Å². The first-order chi connectivity index (χ1) is 70.5. The molecule has 16 rings (SSSR count). The van der Waals surface area contributed by atoms with Crippen LogP contribution in [-0.2, 0) is 65.5 Å². The molecular weight excluding hydrogens is 1980 g/mol. The fourth-order valence-corrected chi connectivity index (χ4v) is 19.8. The van der Waals surface area contributed by atoms with E-state index in [0.717, 1.165) is 16.7 Å². The van der Waals surface area contributed by atoms with Crippen LogP contribution >= 0.6 is 0 Å². The van der Waals surface area contributed by atoms with E-state index in [1.165, 1.54) is 56.0 Å². The van der Waals surface area contributed by atoms with Crippen LogP contribution in [0.1, 0.15) is 117 Å². The number of hydrogen-bond donors (Lipinski definition) is 8. The lowest BCUT2D eigenvalue weighted by molar-refractivity contribution is 0.344. The van der Waals surface area contributed by atoms with Gasteiger partial charge in [0.05, 0.1) is 93.7 Å². The molecule has 0 aliphatic carbocycles. The fraction of sp³-hybridized carbons (Fsp3) is 0.294. The summed E-state index contributed by atoms with van der Waals surface area (Å²) in [7, 11) is -13.6. The lowest BCUT2D eigenvalue weighted by atomic mass is 10.1. The van der Waals surface area contributed by atoms with Crippen LogP contribution in [0.2, 0.25) is 0 Å². The Morgan fingerprint density at radius 3 is 0.844 bits per heavy atom. The molecule has 36 nitrogen and oxygen atoms in total. The highest BCUT2D eigenvalue weighted by Gasteiger charge is 2.30. The quantitative estimate of drug-likeness (QED) is 0.0131. The second-order valence-electron chi connectivity index (χ2n) is 34.2. The largest absolute Gasteiger partial charge is 0.414 e. The van der Waals surface area contributed by atoms with Gasteiger partial charge in [-0.1, -0.05) is 119 Å². The summed E-state index contributed by atoms with van der Waals surface area (Å²) in [4.78, 5) is 35.9. The van der Waals surface area contributed by atoms with E-state index >= 15 is 0 Å². The number of nitrogens with one attached hydrogen (secondary N) is 4. The van der Waals surface area contributed by atoms with Crippen molar-refractivity contribution >= 4 is 62.6 Å². The van der Waals surface area contributed by atoms with Crippen molar-refractivity contribution < 1.29 is 73.3 Å². The van der Waals surface area contributed by atoms with Gasteiger partial charge in [-0.3, -0.25) is 0 Å². The van der Waals surface area contributed by atoms with Crippen molar-refractivity contribution in [3.8, 4) is 137 Å². The molecule has 147 heavy (non-hydrogen) atoms. The zero-order valence-electron chi connectivity index (χ0n) is 82.0. The molecule has 8 aromatic carbocycles. The first-order valence-electron chi connectivity index (χ1n) is 47.0. The van der Waals surface area contributed by atoms with Crippen molar-refractivity contribution in [1.82, 2.24) is 102 Å². The van der Waals surface area contributed by atoms with Gasteiger partial charge in [-0.15, -0.1) is 40.8 Å². The number of rotatable bonds is 40. The number of alkyl halides is 4. The summed E-state index contributed by atoms with van der Waals surface area (Å²) in [6.45, 7) is 18.8. The van der Waals surface area contributed by atoms with Crippen LogP contribution in [-0.4, -0.2) is 187 Å². The Kier molecular flexibility index (Phi) is 37.1. The van der Waals surface area contributed by atoms with Gasteiger partial charge in [-0.05, 0) is 187 Å². The minimum absolute atomic E-state index is 0.0321. The average Bonchev–Trinajstić information content (AvgIpc) is 1.73. The molecule has 0 saturated heterocycles. The van der Waals surface area contributed by atoms with E-state index in [4.69, 9.17) is 40.6 Å². The number of hydrogen-bond acceptors (Lipinski definition) is 36. The molecule has 0 fully saturated rings. The summed E-state index contributed by atoms with van der Waals surface area (Å²) < 4.78 is 189. The number of halogens is 5. The van der Waals surface area contributed by atoms with E-state index in [2.05, 4.69) is 102 Å². The third-order valence-corrected chi connectivity index (χ3v) is 33.0. The van der Waals surface area contributed by atoms with E-state index in [1.807, 2.05) is 100 Å². The van der Waals surface area contributed by atoms with Crippen LogP contribution in [0.5, 0.6) is 0 Å². The predicted octanol–water partition coefficient (Wildman–Crippen LogP) is 17.2. The first-order valence-corrected chi connectivity index (χ1v) is 53.1. The molecule has 0 spiro atoms. The van der Waals surface area contributed by atoms with E-state index in [0.29, 0.717) is 132 Å². The highest BCUT2D eigenvalue weighted by atomic mass is 32.2. The number of aromatic nitrogens is 16. The molecule has 0 aliphatic rings. The smallest absolute Gasteiger partial charge is 0.270 e. The van der Waals surface area contributed by atoms with Crippen LogP contribution in [0.3, 0.4) is 0 Å². The SMILES string of the molecule is CCC(C)S(=O)(=O)c1ccc(-c2cnc(N)c(-c3nnc(-c4ccc(CNC(C)CF)cc4)o3)n2)cc1.CCC(C)S(=O)(=O)c1ccc(-c2cnc(N)c(-c3nnc(-c4ccc(CNCC(C)F)cc4)o3)n2)cc1.CCC(C)S(=O)(=O)c1ccc(-c2cnc(N)c(-c3nnc(-c4ccc(CNCCF)cc4)o3)n2)cc1.CCC(C)S(=O)(=O)c1ccc(-c2cnc(N)c(-c3nnc(-c4ccc(CNCCF)cc4F)o3)n2)cc1. The molecule has 0 amide bonds. The van der Waals surface area contributed by atoms with E-state index < -0.39 is 92.4 Å². The summed E-state index contributed by atoms with van der Waals surface area (Å²) in [6.07, 6.45) is 7.16. The maximum Gasteiger partial charge on any atom is 0.270 e. The molecule has 16 aromatic rings. The van der Waals surface area contributed by atoms with Gasteiger partial charge in [0.1, 0.15) is 32.0 Å². The summed E-state index contributed by atoms with van der Waals surface area (Å²) in [5.74, 6) is 0.918. The highest BCUT2D eigenvalue weighted by Crippen LogP contribution is 2.37. The monoisotopic (exact) mass is 2090 g/mol. The third-order valence-electron chi connectivity index (χ3n) is 23.8. The fourth-order valence-electron chi connectivity index (χ4n) is 14.1. The van der Waals surface area contributed by atoms with Gasteiger partial charge < -0.3 is 61.9 Å². The zero-order valence-corrected chi connectivity index (χ0v) is 85.2. The highest BCUT2D eigenvalue weighted by molar-refractivity contribution is 7.93. The van der Waals surface area contributed by atoms with Gasteiger partial charge >= 0.3 is 0 Å². The van der Waals surface area contributed by atoms with Gasteiger partial charge in [0.15, 0.2) is 85.4 Å². The van der Waals surface area contributed by atoms with Crippen molar-refractivity contribution in [1.29, 1.82) is 0 Å². The average molecular weight is 2090 g/mol. The van der Waals surface area contributed by atoms with Crippen molar-refractivity contribution in [3.63, 3.8) is 0 Å². The van der Waals surface area contributed by atoms with Crippen LogP contribution < -0.4 is 44.2 Å². The number of nitrogen functional groups attached to an aromatic ring is 4. The van der Waals surface area contributed by atoms with Crippen molar-refractivity contribution in [3.05, 3.63) is 241 Å². The topological polar surface area (TPSA) is 548 Å². The lowest BCUT2D eigenvalue weighted by Crippen LogP contribution is -2.27. The van der Waals surface area contributed by atoms with Crippen LogP contribution in [0.4, 0.5) is 45.2 Å². The number of sulfone groups is 4. The Hall–Kier alpha value is -14.9. The minimum Gasteiger partial charge on any atom is -0.414 e. The van der Waals surface area contributed by atoms with Crippen LogP contribution in [0.25, 0.3) is 137 Å². The molecule has 770 valence electrons. The summed E-state index contributed by atoms with van der Waals surface area (Å²) in [5.41, 5.74) is 35.3. The molecule has 0 aliphatic heterocycles. The van der Waals surface area contributed by atoms with Crippen LogP contribution in [0.15, 0.2) is 250 Å². The number of nitrogens with two attached hydrogens (primary N) is 4. The van der Waals surface area contributed by atoms with E-state index in [1.54, 1.807) is 126 Å². The standard InChI is InChI=1S/2C26H29FN6O3S.C25H26F2N6O3S.C25H27FN6O3S/c1-4-17(3)37(34,35)21-11-9-19(10-12-21)22-15-30-24(28)23(31-22)26-33-32-25(36-26)20-7-5-18(6-8-20)14-29-13-16(2)27;1-4-17(3)37(34,35)21-11-9-19(10-12-21)22-15-30-24(28)23(31-22)26-33-32-25(36-26)20-7-5-18(6-8-20)14-29-16(2)13-27;1-3-15(2)37(34,35)18-7-5-17(6-8-18)21-14-30-23(28)22(31-21)25-33-32-24(36-25)19-9-4-16(12-20(19)27)13-29-11-10-26;1-3-16(2)36(33,34)20-10-8-18(9-11-20)21-15-29-23(27)22(30-21)25-32-31-24(35-25)19-6-4-17(5-7-19)14-28-13-12-26/h2*5-12,15-17,29H,4,13-14H2,1-3H3,(H2,28,30);4-9,12,14-15,29H,3,10-11,13H2,1-2H3,(H2,28,30);4-11,15-16,28H,3,12-14H2,1-2H3,(H2,27,29). The first kappa shape index (κ1) is 109. The Morgan fingerprint density at radius 1 is 0.320 bits per heavy atom. The molecule has 45 heteroatoms. The van der Waals surface area contributed by atoms with Gasteiger partial charge in [0.25, 0.3) is 29.5 Å². The molecular formula is C102H111F5N24O12S4. The van der Waals surface area contributed by atoms with Gasteiger partial charge in [-0.25, -0.2) is 95.5 Å². The van der Waals surface area contributed by atoms with Gasteiger partial charge in [-0.2, -0.15) is 0 Å². The van der Waals surface area contributed by atoms with Crippen molar-refractivity contribution in [2.24, 2.45) is 0 Å². The Labute approximate surface area is 847 Å². The Morgan fingerprint density at radius 2 is 0.571 bits per heavy atom. The minimum atomic E-state index is -3.42. The second kappa shape index (κ2) is 49.8. The number of benzene rings is 8. The van der Waals surface area contributed by atoms with E-state index in [9.17, 15) is 55.6 Å². The maximum absolute atomic E-state index is 14.7.